The molecule has 1 aliphatic heterocycles. The second-order valence-electron chi connectivity index (χ2n) is 16.5. The summed E-state index contributed by atoms with van der Waals surface area (Å²) in [5.74, 6) is 1.65. The fourth-order valence-electron chi connectivity index (χ4n) is 9.55. The van der Waals surface area contributed by atoms with E-state index in [1.165, 1.54) is 0 Å². The van der Waals surface area contributed by atoms with Crippen LogP contribution in [-0.4, -0.2) is 44.1 Å². The van der Waals surface area contributed by atoms with Crippen LogP contribution in [0.1, 0.15) is 18.3 Å². The highest BCUT2D eigenvalue weighted by molar-refractivity contribution is 6.08. The molecule has 4 aromatic carbocycles. The summed E-state index contributed by atoms with van der Waals surface area (Å²) in [4.78, 5) is 23.3. The van der Waals surface area contributed by atoms with Crippen molar-refractivity contribution in [2.45, 2.75) is 12.6 Å². The van der Waals surface area contributed by atoms with Crippen molar-refractivity contribution in [2.24, 2.45) is 0 Å². The number of hydrogen-bond donors (Lipinski definition) is 0. The molecule has 13 aromatic rings. The molecule has 1 aliphatic rings. The Bertz CT molecular complexity index is 4030. The fourth-order valence-corrected chi connectivity index (χ4v) is 9.55. The standard InChI is InChI=1S/C54H34N10O4/c1-3-8-35(9-4-1)61-44-16-14-41(43-18-20-49(64-57-26-27-58-64)62(43)36-10-5-2-6-11-36)59-52(44)53-45(61)17-19-48(60-53)68-51-31-34-29-46-33(28-47(34)67-51)30-50(66-46)65-38-13-15-42-40(32-38)39-12-7-23-56-54(39)63(42)37-21-24-55-25-22-37/h1-19,21-32,49H,20H2. The van der Waals surface area contributed by atoms with Crippen molar-refractivity contribution in [3.63, 3.8) is 0 Å². The Balaban J connectivity index is 0.786. The van der Waals surface area contributed by atoms with Gasteiger partial charge in [0.25, 0.3) is 11.9 Å². The number of furan rings is 2. The summed E-state index contributed by atoms with van der Waals surface area (Å²) in [6, 6.07) is 50.0. The number of nitrogens with zero attached hydrogens (tertiary/aromatic N) is 10. The van der Waals surface area contributed by atoms with Crippen LogP contribution in [0.15, 0.2) is 198 Å². The van der Waals surface area contributed by atoms with E-state index in [9.17, 15) is 0 Å². The minimum atomic E-state index is -0.148. The molecule has 324 valence electrons. The van der Waals surface area contributed by atoms with E-state index in [1.807, 2.05) is 109 Å². The number of para-hydroxylation sites is 2. The first-order valence-electron chi connectivity index (χ1n) is 22.1. The van der Waals surface area contributed by atoms with E-state index in [0.717, 1.165) is 77.7 Å². The topological polar surface area (TPSA) is 140 Å². The summed E-state index contributed by atoms with van der Waals surface area (Å²) in [5.41, 5.74) is 11.1. The SMILES string of the molecule is C1=C(c2ccc3c(n2)c2nc(Oc4cc5cc6oc(Oc7ccc8c(c7)c7cccnc7n8-c7ccncc7)cc6cc5o4)ccc2n3-c2ccccc2)N(c2ccccc2)C(n2nccn2)C1. The van der Waals surface area contributed by atoms with Gasteiger partial charge in [-0.05, 0) is 97.1 Å². The molecule has 0 N–H and O–H groups in total. The van der Waals surface area contributed by atoms with Gasteiger partial charge < -0.3 is 27.8 Å². The first-order valence-corrected chi connectivity index (χ1v) is 22.1. The number of anilines is 1. The van der Waals surface area contributed by atoms with Gasteiger partial charge in [-0.25, -0.2) is 15.0 Å². The van der Waals surface area contributed by atoms with Crippen LogP contribution in [0.2, 0.25) is 0 Å². The second kappa shape index (κ2) is 15.0. The van der Waals surface area contributed by atoms with Crippen LogP contribution in [0.25, 0.3) is 83.0 Å². The summed E-state index contributed by atoms with van der Waals surface area (Å²) in [6.07, 6.45) is 11.5. The monoisotopic (exact) mass is 886 g/mol. The quantitative estimate of drug-likeness (QED) is 0.137. The van der Waals surface area contributed by atoms with Crippen LogP contribution in [-0.2, 0) is 0 Å². The Morgan fingerprint density at radius 3 is 1.97 bits per heavy atom. The smallest absolute Gasteiger partial charge is 0.292 e. The van der Waals surface area contributed by atoms with Crippen LogP contribution >= 0.6 is 0 Å². The molecule has 0 amide bonds. The van der Waals surface area contributed by atoms with E-state index in [-0.39, 0.29) is 12.1 Å². The fraction of sp³-hybridized carbons (Fsp3) is 0.0370. The summed E-state index contributed by atoms with van der Waals surface area (Å²) in [6.45, 7) is 0. The van der Waals surface area contributed by atoms with Gasteiger partial charge in [-0.2, -0.15) is 15.0 Å². The molecule has 14 rings (SSSR count). The molecule has 0 fully saturated rings. The zero-order valence-corrected chi connectivity index (χ0v) is 35.8. The van der Waals surface area contributed by atoms with Crippen molar-refractivity contribution >= 4 is 77.3 Å². The number of fused-ring (bicyclic) bond motifs is 8. The molecule has 14 heteroatoms. The van der Waals surface area contributed by atoms with E-state index in [2.05, 4.69) is 77.8 Å². The molecule has 0 saturated heterocycles. The molecule has 0 bridgehead atoms. The van der Waals surface area contributed by atoms with Gasteiger partial charge in [-0.3, -0.25) is 9.55 Å². The molecule has 0 spiro atoms. The summed E-state index contributed by atoms with van der Waals surface area (Å²) < 4.78 is 29.6. The zero-order chi connectivity index (χ0) is 44.7. The maximum absolute atomic E-state index is 6.38. The Kier molecular flexibility index (Phi) is 8.33. The van der Waals surface area contributed by atoms with E-state index in [4.69, 9.17) is 33.3 Å². The van der Waals surface area contributed by atoms with Crippen LogP contribution in [0.4, 0.5) is 5.69 Å². The van der Waals surface area contributed by atoms with Gasteiger partial charge >= 0.3 is 0 Å². The lowest BCUT2D eigenvalue weighted by Crippen LogP contribution is -2.29. The molecule has 9 aromatic heterocycles. The summed E-state index contributed by atoms with van der Waals surface area (Å²) in [5, 5.41) is 12.6. The highest BCUT2D eigenvalue weighted by atomic mass is 16.6. The molecule has 0 aliphatic carbocycles. The normalized spacial score (nSPS) is 14.0. The first kappa shape index (κ1) is 37.8. The number of hydrogen-bond acceptors (Lipinski definition) is 11. The van der Waals surface area contributed by atoms with E-state index < -0.39 is 0 Å². The average molecular weight is 887 g/mol. The molecular weight excluding hydrogens is 853 g/mol. The molecule has 0 radical (unpaired) electrons. The lowest BCUT2D eigenvalue weighted by Gasteiger charge is -2.29. The minimum absolute atomic E-state index is 0.148. The third-order valence-electron chi connectivity index (χ3n) is 12.5. The van der Waals surface area contributed by atoms with Crippen molar-refractivity contribution in [2.75, 3.05) is 4.90 Å². The Labute approximate surface area is 385 Å². The average Bonchev–Trinajstić information content (AvgIpc) is 4.26. The number of rotatable bonds is 9. The zero-order valence-electron chi connectivity index (χ0n) is 35.8. The van der Waals surface area contributed by atoms with E-state index >= 15 is 0 Å². The maximum atomic E-state index is 6.38. The van der Waals surface area contributed by atoms with Gasteiger partial charge in [0, 0.05) is 76.1 Å². The predicted octanol–water partition coefficient (Wildman–Crippen LogP) is 12.6. The van der Waals surface area contributed by atoms with Crippen LogP contribution in [0, 0.1) is 0 Å². The summed E-state index contributed by atoms with van der Waals surface area (Å²) in [7, 11) is 0. The molecule has 68 heavy (non-hydrogen) atoms. The molecule has 10 heterocycles. The van der Waals surface area contributed by atoms with Crippen LogP contribution in [0.5, 0.6) is 23.5 Å². The lowest BCUT2D eigenvalue weighted by molar-refractivity contribution is 0.351. The largest absolute Gasteiger partial charge is 0.426 e. The van der Waals surface area contributed by atoms with Gasteiger partial charge in [0.2, 0.25) is 5.88 Å². The van der Waals surface area contributed by atoms with Crippen molar-refractivity contribution < 1.29 is 18.3 Å². The highest BCUT2D eigenvalue weighted by Crippen LogP contribution is 2.42. The number of benzene rings is 4. The van der Waals surface area contributed by atoms with Crippen LogP contribution in [0.3, 0.4) is 0 Å². The molecule has 1 atom stereocenters. The van der Waals surface area contributed by atoms with Gasteiger partial charge in [-0.1, -0.05) is 42.5 Å². The number of ether oxygens (including phenoxy) is 2. The highest BCUT2D eigenvalue weighted by Gasteiger charge is 2.32. The summed E-state index contributed by atoms with van der Waals surface area (Å²) >= 11 is 0. The molecule has 0 saturated carbocycles. The minimum Gasteiger partial charge on any atom is -0.426 e. The van der Waals surface area contributed by atoms with Gasteiger partial charge in [0.15, 0.2) is 6.17 Å². The predicted molar refractivity (Wildman–Crippen MR) is 259 cm³/mol. The number of pyridine rings is 4. The van der Waals surface area contributed by atoms with Crippen molar-refractivity contribution in [3.05, 3.63) is 194 Å². The van der Waals surface area contributed by atoms with E-state index in [0.29, 0.717) is 40.7 Å². The Morgan fingerprint density at radius 1 is 0.529 bits per heavy atom. The molecule has 14 nitrogen and oxygen atoms in total. The van der Waals surface area contributed by atoms with Crippen molar-refractivity contribution in [3.8, 4) is 34.9 Å². The lowest BCUT2D eigenvalue weighted by atomic mass is 10.2. The molecular formula is C54H34N10O4. The molecule has 1 unspecified atom stereocenters. The Hall–Kier alpha value is -9.56. The Morgan fingerprint density at radius 2 is 1.21 bits per heavy atom. The van der Waals surface area contributed by atoms with Crippen LogP contribution < -0.4 is 14.4 Å². The number of aromatic nitrogens is 9. The van der Waals surface area contributed by atoms with Gasteiger partial charge in [-0.15, -0.1) is 0 Å². The first-order chi connectivity index (χ1) is 33.7. The van der Waals surface area contributed by atoms with E-state index in [1.54, 1.807) is 35.8 Å². The van der Waals surface area contributed by atoms with Gasteiger partial charge in [0.05, 0.1) is 46.0 Å². The van der Waals surface area contributed by atoms with Gasteiger partial charge in [0.1, 0.15) is 33.6 Å². The van der Waals surface area contributed by atoms with Crippen molar-refractivity contribution in [1.29, 1.82) is 0 Å². The third-order valence-corrected chi connectivity index (χ3v) is 12.5. The second-order valence-corrected chi connectivity index (χ2v) is 16.5. The third kappa shape index (κ3) is 6.11. The van der Waals surface area contributed by atoms with Crippen molar-refractivity contribution in [1.82, 2.24) is 44.1 Å². The maximum Gasteiger partial charge on any atom is 0.292 e.